The number of hydrogen-bond donors (Lipinski definition) is 0. The largest absolute Gasteiger partial charge is 0.452 e. The van der Waals surface area contributed by atoms with Crippen LogP contribution in [0.25, 0.3) is 0 Å². The first-order valence-corrected chi connectivity index (χ1v) is 5.11. The van der Waals surface area contributed by atoms with E-state index in [1.165, 1.54) is 6.08 Å². The van der Waals surface area contributed by atoms with E-state index in [2.05, 4.69) is 4.74 Å². The predicted molar refractivity (Wildman–Crippen MR) is 52.8 cm³/mol. The van der Waals surface area contributed by atoms with Gasteiger partial charge in [0.1, 0.15) is 5.03 Å². The van der Waals surface area contributed by atoms with Crippen molar-refractivity contribution in [1.29, 1.82) is 0 Å². The Labute approximate surface area is 96.4 Å². The van der Waals surface area contributed by atoms with E-state index in [1.54, 1.807) is 0 Å². The molecule has 1 rings (SSSR count). The summed E-state index contributed by atoms with van der Waals surface area (Å²) in [6.07, 6.45) is -2.19. The summed E-state index contributed by atoms with van der Waals surface area (Å²) in [6, 6.07) is 0. The van der Waals surface area contributed by atoms with Gasteiger partial charge in [0.05, 0.1) is 0 Å². The molecule has 1 aliphatic rings. The van der Waals surface area contributed by atoms with Crippen molar-refractivity contribution in [2.75, 3.05) is 6.61 Å². The zero-order valence-corrected chi connectivity index (χ0v) is 9.65. The van der Waals surface area contributed by atoms with Gasteiger partial charge < -0.3 is 4.74 Å². The highest BCUT2D eigenvalue weighted by Gasteiger charge is 2.44. The number of carbonyl (C=O) groups is 1. The summed E-state index contributed by atoms with van der Waals surface area (Å²) in [4.78, 5) is 11.0. The fraction of sp³-hybridized carbons (Fsp3) is 0.700. The van der Waals surface area contributed by atoms with Gasteiger partial charge in [0.25, 0.3) is 0 Å². The van der Waals surface area contributed by atoms with Crippen LogP contribution in [0.4, 0.5) is 13.2 Å². The number of esters is 1. The van der Waals surface area contributed by atoms with Crippen molar-refractivity contribution in [2.45, 2.75) is 26.4 Å². The molecule has 0 aromatic heterocycles. The standard InChI is InChI=1S/C10H12ClF3O2/c1-9(2)4-6(9)3-7(11)8(15)16-5-10(12,13)14/h3,6H,4-5H2,1-2H3. The highest BCUT2D eigenvalue weighted by molar-refractivity contribution is 6.41. The van der Waals surface area contributed by atoms with Gasteiger partial charge in [-0.2, -0.15) is 13.2 Å². The number of rotatable bonds is 3. The van der Waals surface area contributed by atoms with Crippen LogP contribution in [0.2, 0.25) is 0 Å². The van der Waals surface area contributed by atoms with E-state index in [9.17, 15) is 18.0 Å². The molecule has 6 heteroatoms. The van der Waals surface area contributed by atoms with Crippen LogP contribution in [0.15, 0.2) is 11.1 Å². The van der Waals surface area contributed by atoms with Crippen LogP contribution < -0.4 is 0 Å². The highest BCUT2D eigenvalue weighted by Crippen LogP contribution is 2.53. The molecule has 0 saturated heterocycles. The number of allylic oxidation sites excluding steroid dienone is 1. The maximum absolute atomic E-state index is 11.7. The number of hydrogen-bond acceptors (Lipinski definition) is 2. The summed E-state index contributed by atoms with van der Waals surface area (Å²) in [5.74, 6) is -0.986. The molecule has 0 radical (unpaired) electrons. The van der Waals surface area contributed by atoms with Crippen molar-refractivity contribution in [1.82, 2.24) is 0 Å². The zero-order chi connectivity index (χ0) is 12.6. The van der Waals surface area contributed by atoms with Crippen LogP contribution in [-0.2, 0) is 9.53 Å². The predicted octanol–water partition coefficient (Wildman–Crippen LogP) is 3.26. The molecule has 1 aliphatic carbocycles. The zero-order valence-electron chi connectivity index (χ0n) is 8.90. The quantitative estimate of drug-likeness (QED) is 0.572. The van der Waals surface area contributed by atoms with E-state index in [4.69, 9.17) is 11.6 Å². The molecule has 0 aliphatic heterocycles. The van der Waals surface area contributed by atoms with Gasteiger partial charge in [-0.15, -0.1) is 0 Å². The lowest BCUT2D eigenvalue weighted by Crippen LogP contribution is -2.20. The average Bonchev–Trinajstić information content (AvgIpc) is 2.68. The average molecular weight is 257 g/mol. The van der Waals surface area contributed by atoms with E-state index >= 15 is 0 Å². The van der Waals surface area contributed by atoms with Gasteiger partial charge in [-0.05, 0) is 17.8 Å². The molecule has 0 spiro atoms. The van der Waals surface area contributed by atoms with Crippen LogP contribution in [0.3, 0.4) is 0 Å². The lowest BCUT2D eigenvalue weighted by molar-refractivity contribution is -0.183. The molecule has 0 heterocycles. The molecule has 0 aromatic rings. The normalized spacial score (nSPS) is 24.1. The first-order valence-electron chi connectivity index (χ1n) is 4.73. The van der Waals surface area contributed by atoms with Crippen molar-refractivity contribution >= 4 is 17.6 Å². The summed E-state index contributed by atoms with van der Waals surface area (Å²) in [5.41, 5.74) is 0.0739. The number of halogens is 4. The molecule has 1 fully saturated rings. The van der Waals surface area contributed by atoms with Gasteiger partial charge in [0.2, 0.25) is 0 Å². The first-order chi connectivity index (χ1) is 7.12. The summed E-state index contributed by atoms with van der Waals surface area (Å²) >= 11 is 5.54. The molecular weight excluding hydrogens is 245 g/mol. The fourth-order valence-corrected chi connectivity index (χ4v) is 1.46. The monoisotopic (exact) mass is 256 g/mol. The second-order valence-electron chi connectivity index (χ2n) is 4.51. The minimum absolute atomic E-state index is 0.0739. The number of carbonyl (C=O) groups excluding carboxylic acids is 1. The Morgan fingerprint density at radius 3 is 2.44 bits per heavy atom. The molecule has 0 N–H and O–H groups in total. The highest BCUT2D eigenvalue weighted by atomic mass is 35.5. The van der Waals surface area contributed by atoms with Crippen LogP contribution in [0.1, 0.15) is 20.3 Å². The third-order valence-electron chi connectivity index (χ3n) is 2.50. The third kappa shape index (κ3) is 4.04. The SMILES string of the molecule is CC1(C)CC1C=C(Cl)C(=O)OCC(F)(F)F. The topological polar surface area (TPSA) is 26.3 Å². The molecule has 0 aromatic carbocycles. The lowest BCUT2D eigenvalue weighted by atomic mass is 10.1. The van der Waals surface area contributed by atoms with Crippen LogP contribution in [0.5, 0.6) is 0 Å². The lowest BCUT2D eigenvalue weighted by Gasteiger charge is -2.07. The van der Waals surface area contributed by atoms with Crippen LogP contribution in [-0.4, -0.2) is 18.8 Å². The number of ether oxygens (including phenoxy) is 1. The third-order valence-corrected chi connectivity index (χ3v) is 2.78. The molecular formula is C10H12ClF3O2. The van der Waals surface area contributed by atoms with Crippen LogP contribution in [0, 0.1) is 11.3 Å². The summed E-state index contributed by atoms with van der Waals surface area (Å²) in [6.45, 7) is 2.36. The van der Waals surface area contributed by atoms with Crippen molar-refractivity contribution < 1.29 is 22.7 Å². The summed E-state index contributed by atoms with van der Waals surface area (Å²) in [7, 11) is 0. The summed E-state index contributed by atoms with van der Waals surface area (Å²) < 4.78 is 39.2. The Morgan fingerprint density at radius 2 is 2.06 bits per heavy atom. The van der Waals surface area contributed by atoms with E-state index in [1.807, 2.05) is 13.8 Å². The maximum Gasteiger partial charge on any atom is 0.422 e. The smallest absolute Gasteiger partial charge is 0.422 e. The molecule has 0 bridgehead atoms. The van der Waals surface area contributed by atoms with E-state index < -0.39 is 18.8 Å². The molecule has 92 valence electrons. The van der Waals surface area contributed by atoms with E-state index in [0.29, 0.717) is 0 Å². The van der Waals surface area contributed by atoms with Gasteiger partial charge in [0.15, 0.2) is 6.61 Å². The molecule has 16 heavy (non-hydrogen) atoms. The van der Waals surface area contributed by atoms with E-state index in [0.717, 1.165) is 6.42 Å². The molecule has 2 nitrogen and oxygen atoms in total. The Kier molecular flexibility index (Phi) is 3.57. The van der Waals surface area contributed by atoms with Gasteiger partial charge in [-0.1, -0.05) is 31.5 Å². The molecule has 1 unspecified atom stereocenters. The van der Waals surface area contributed by atoms with Crippen molar-refractivity contribution in [3.05, 3.63) is 11.1 Å². The van der Waals surface area contributed by atoms with E-state index in [-0.39, 0.29) is 16.4 Å². The Balaban J connectivity index is 2.43. The van der Waals surface area contributed by atoms with Crippen molar-refractivity contribution in [3.63, 3.8) is 0 Å². The van der Waals surface area contributed by atoms with Gasteiger partial charge in [-0.3, -0.25) is 0 Å². The molecule has 0 amide bonds. The van der Waals surface area contributed by atoms with Crippen molar-refractivity contribution in [3.8, 4) is 0 Å². The number of alkyl halides is 3. The Hall–Kier alpha value is -0.710. The maximum atomic E-state index is 11.7. The van der Waals surface area contributed by atoms with Crippen LogP contribution >= 0.6 is 11.6 Å². The Bertz CT molecular complexity index is 321. The van der Waals surface area contributed by atoms with Gasteiger partial charge >= 0.3 is 12.1 Å². The second-order valence-corrected chi connectivity index (χ2v) is 4.91. The Morgan fingerprint density at radius 1 is 1.56 bits per heavy atom. The summed E-state index contributed by atoms with van der Waals surface area (Å²) in [5, 5.41) is -0.278. The second kappa shape index (κ2) is 4.28. The fourth-order valence-electron chi connectivity index (χ4n) is 1.25. The minimum atomic E-state index is -4.52. The van der Waals surface area contributed by atoms with Gasteiger partial charge in [0, 0.05) is 0 Å². The first kappa shape index (κ1) is 13.4. The minimum Gasteiger partial charge on any atom is -0.452 e. The molecule has 1 atom stereocenters. The van der Waals surface area contributed by atoms with Crippen molar-refractivity contribution in [2.24, 2.45) is 11.3 Å². The van der Waals surface area contributed by atoms with Gasteiger partial charge in [-0.25, -0.2) is 4.79 Å². The molecule has 1 saturated carbocycles.